The average molecular weight is 1460 g/mol. The van der Waals surface area contributed by atoms with E-state index in [2.05, 4.69) is 56.1 Å². The van der Waals surface area contributed by atoms with Gasteiger partial charge in [-0.05, 0) is 107 Å². The summed E-state index contributed by atoms with van der Waals surface area (Å²) in [5, 5.41) is 22.8. The number of ether oxygens (including phenoxy) is 5. The Morgan fingerprint density at radius 3 is 2.19 bits per heavy atom. The molecule has 3 N–H and O–H groups in total. The Morgan fingerprint density at radius 1 is 0.898 bits per heavy atom. The number of carbonyl (C=O) groups is 3. The number of aliphatic hydroxyl groups excluding tert-OH is 1. The van der Waals surface area contributed by atoms with Crippen molar-refractivity contribution in [3.63, 3.8) is 0 Å². The number of hydrogen-bond acceptors (Lipinski definition) is 22. The van der Waals surface area contributed by atoms with E-state index in [0.717, 1.165) is 78.2 Å². The Kier molecular flexibility index (Phi) is 29.3. The number of anilines is 1. The predicted molar refractivity (Wildman–Crippen MR) is 355 cm³/mol. The van der Waals surface area contributed by atoms with Crippen molar-refractivity contribution in [2.24, 2.45) is 18.1 Å². The molecule has 98 heavy (non-hydrogen) atoms. The number of aromatic nitrogens is 8. The number of methoxy groups -OCH3 is 3. The lowest BCUT2D eigenvalue weighted by molar-refractivity contribution is -0.151. The molecule has 0 amide bonds. The summed E-state index contributed by atoms with van der Waals surface area (Å²) in [4.78, 5) is 67.6. The summed E-state index contributed by atoms with van der Waals surface area (Å²) in [6.45, 7) is 14.0. The van der Waals surface area contributed by atoms with Crippen molar-refractivity contribution in [2.75, 3.05) is 51.3 Å². The molecule has 1 aliphatic carbocycles. The fourth-order valence-electron chi connectivity index (χ4n) is 9.87. The highest BCUT2D eigenvalue weighted by Crippen LogP contribution is 2.39. The van der Waals surface area contributed by atoms with E-state index >= 15 is 0 Å². The molecule has 536 valence electrons. The third-order valence-electron chi connectivity index (χ3n) is 14.2. The maximum absolute atomic E-state index is 13.3. The summed E-state index contributed by atoms with van der Waals surface area (Å²) in [6.07, 6.45) is 1.13. The zero-order valence-electron chi connectivity index (χ0n) is 55.7. The molecular formula is C63H77ClF6N10O15S3. The normalized spacial score (nSPS) is 14.2. The molecule has 8 rings (SSSR count). The molecular weight excluding hydrogens is 1380 g/mol. The number of allylic oxidation sites excluding steroid dienone is 2. The van der Waals surface area contributed by atoms with Crippen LogP contribution >= 0.6 is 23.4 Å². The van der Waals surface area contributed by atoms with E-state index in [1.807, 2.05) is 49.4 Å². The lowest BCUT2D eigenvalue weighted by Gasteiger charge is -2.25. The van der Waals surface area contributed by atoms with Gasteiger partial charge < -0.3 is 33.6 Å². The summed E-state index contributed by atoms with van der Waals surface area (Å²) in [7, 11) is -3.97. The van der Waals surface area contributed by atoms with E-state index in [1.165, 1.54) is 34.3 Å². The molecule has 0 saturated heterocycles. The van der Waals surface area contributed by atoms with Gasteiger partial charge in [0.05, 0.1) is 65.8 Å². The fraction of sp³-hybridized carbons (Fsp3) is 0.460. The molecule has 3 unspecified atom stereocenters. The average Bonchev–Trinajstić information content (AvgIpc) is 1.30. The van der Waals surface area contributed by atoms with Crippen molar-refractivity contribution in [1.29, 1.82) is 0 Å². The number of nitrogens with one attached hydrogen (secondary N) is 2. The highest BCUT2D eigenvalue weighted by Gasteiger charge is 2.41. The first-order valence-electron chi connectivity index (χ1n) is 30.4. The van der Waals surface area contributed by atoms with Gasteiger partial charge in [-0.15, -0.1) is 5.10 Å². The number of rotatable bonds is 26. The number of ketones is 2. The van der Waals surface area contributed by atoms with E-state index in [9.17, 15) is 67.5 Å². The lowest BCUT2D eigenvalue weighted by atomic mass is 9.82. The van der Waals surface area contributed by atoms with Gasteiger partial charge in [0, 0.05) is 60.4 Å². The van der Waals surface area contributed by atoms with E-state index in [0.29, 0.717) is 83.1 Å². The number of halogens is 7. The number of oxime groups is 1. The minimum atomic E-state index is -4.98. The van der Waals surface area contributed by atoms with Crippen LogP contribution in [0.1, 0.15) is 132 Å². The first kappa shape index (κ1) is 80.2. The highest BCUT2D eigenvalue weighted by atomic mass is 35.5. The SMILES string of the molecule is CCC/C(=N/OCC)C1=C(O)CC(CC(C)SCC)CC1=O.CCCCCC(C)OC(=O)COc1ccc(Cl)c2cccnc12.COc1cc(OC)n2nc(NS(=O)(=O)c3c(C(F)(F)F)ccnc3OC)nc2n1.Cc1[nH]n(C)c(=O)c1C(=O)c1ccc(C(F)(F)F)cc1S(C)(=O)=O. The Morgan fingerprint density at radius 2 is 1.61 bits per heavy atom. The minimum absolute atomic E-state index is 0.00866. The van der Waals surface area contributed by atoms with Crippen molar-refractivity contribution in [3.05, 3.63) is 122 Å². The van der Waals surface area contributed by atoms with Gasteiger partial charge in [-0.3, -0.25) is 29.1 Å². The van der Waals surface area contributed by atoms with Crippen LogP contribution in [0.25, 0.3) is 16.7 Å². The smallest absolute Gasteiger partial charge is 0.418 e. The number of pyridine rings is 2. The quantitative estimate of drug-likeness (QED) is 0.0113. The van der Waals surface area contributed by atoms with Gasteiger partial charge in [-0.2, -0.15) is 52.6 Å². The van der Waals surface area contributed by atoms with Gasteiger partial charge in [0.25, 0.3) is 27.3 Å². The number of benzene rings is 2. The largest absolute Gasteiger partial charge is 0.511 e. The summed E-state index contributed by atoms with van der Waals surface area (Å²) in [5.74, 6) is -0.487. The molecule has 1 aliphatic rings. The number of sulfone groups is 1. The number of fused-ring (bicyclic) bond motifs is 2. The van der Waals surface area contributed by atoms with Gasteiger partial charge >= 0.3 is 18.3 Å². The van der Waals surface area contributed by atoms with Crippen LogP contribution < -0.4 is 29.2 Å². The first-order chi connectivity index (χ1) is 46.1. The number of esters is 1. The molecule has 25 nitrogen and oxygen atoms in total. The standard InChI is InChI=1S/C18H22ClNO3.C17H29NO3S.C14H13F3N6O5S.C14H13F3N2O4S/c1-3-4-5-7-13(2)23-17(21)12-22-16-10-9-15(19)14-8-6-11-20-18(14)16;1-5-8-14(18-21-6-2)17-15(19)10-13(11-16(17)20)9-12(4)22-7-3;1-26-8-6-9(27-2)23-13(19-8)20-12(21-23)22-29(24,25)10-7(14(15,16)17)4-5-18-11(10)28-3;1-7-11(13(21)19(2)18-7)12(20)9-5-4-8(14(15,16)17)6-10(9)24(3,22)23/h6,8-11,13H,3-5,7,12H2,1-2H3;12-13,19H,5-11H2,1-4H3;4-6H,1-3H3,(H,21,22);4-6,18H,1-3H3/b;18-14-;;. The summed E-state index contributed by atoms with van der Waals surface area (Å²) in [6, 6.07) is 10.8. The van der Waals surface area contributed by atoms with E-state index in [4.69, 9.17) is 40.1 Å². The van der Waals surface area contributed by atoms with Crippen molar-refractivity contribution in [2.45, 2.75) is 140 Å². The van der Waals surface area contributed by atoms with Crippen LogP contribution in [0.2, 0.25) is 5.02 Å². The van der Waals surface area contributed by atoms with Crippen molar-refractivity contribution >= 4 is 89.1 Å². The number of hydrogen-bond donors (Lipinski definition) is 3. The number of nitrogens with zero attached hydrogens (tertiary/aromatic N) is 8. The Labute approximate surface area is 571 Å². The molecule has 35 heteroatoms. The third kappa shape index (κ3) is 21.7. The Hall–Kier alpha value is -8.50. The highest BCUT2D eigenvalue weighted by molar-refractivity contribution is 7.99. The second kappa shape index (κ2) is 35.8. The number of aromatic amines is 1. The van der Waals surface area contributed by atoms with Crippen LogP contribution in [-0.4, -0.2) is 142 Å². The van der Waals surface area contributed by atoms with Gasteiger partial charge in [-0.1, -0.05) is 63.7 Å². The Balaban J connectivity index is 0.000000237. The number of aryl methyl sites for hydroxylation is 2. The molecule has 5 heterocycles. The van der Waals surface area contributed by atoms with Crippen molar-refractivity contribution in [3.8, 4) is 23.4 Å². The zero-order valence-corrected chi connectivity index (χ0v) is 58.9. The summed E-state index contributed by atoms with van der Waals surface area (Å²) in [5.41, 5.74) is -2.32. The molecule has 5 aromatic heterocycles. The minimum Gasteiger partial charge on any atom is -0.511 e. The maximum Gasteiger partial charge on any atom is 0.418 e. The van der Waals surface area contributed by atoms with Crippen LogP contribution in [0, 0.1) is 12.8 Å². The second-order valence-corrected chi connectivity index (χ2v) is 27.6. The Bertz CT molecular complexity index is 4300. The summed E-state index contributed by atoms with van der Waals surface area (Å²) < 4.78 is 157. The summed E-state index contributed by atoms with van der Waals surface area (Å²) >= 11 is 8.03. The molecule has 0 fully saturated rings. The second-order valence-electron chi connectivity index (χ2n) is 21.8. The number of unbranched alkanes of at least 4 members (excludes halogenated alkanes) is 2. The number of Topliss-reactive ketones (excluding diaryl/α,β-unsaturated/α-hetero) is 1. The van der Waals surface area contributed by atoms with Gasteiger partial charge in [0.15, 0.2) is 27.1 Å². The number of sulfonamides is 1. The van der Waals surface area contributed by atoms with Crippen LogP contribution in [0.4, 0.5) is 32.3 Å². The molecule has 3 atom stereocenters. The molecule has 0 spiro atoms. The van der Waals surface area contributed by atoms with Crippen LogP contribution in [0.15, 0.2) is 98.1 Å². The molecule has 0 saturated carbocycles. The van der Waals surface area contributed by atoms with Crippen molar-refractivity contribution in [1.82, 2.24) is 39.3 Å². The predicted octanol–water partition coefficient (Wildman–Crippen LogP) is 12.3. The van der Waals surface area contributed by atoms with Gasteiger partial charge in [0.1, 0.15) is 29.2 Å². The van der Waals surface area contributed by atoms with Crippen LogP contribution in [0.5, 0.6) is 23.4 Å². The lowest BCUT2D eigenvalue weighted by Crippen LogP contribution is -2.26. The number of alkyl halides is 6. The van der Waals surface area contributed by atoms with Crippen molar-refractivity contribution < 1.29 is 91.2 Å². The van der Waals surface area contributed by atoms with Gasteiger partial charge in [-0.25, -0.2) is 31.3 Å². The number of thioether (sulfide) groups is 1. The number of carbonyl (C=O) groups excluding carboxylic acids is 3. The van der Waals surface area contributed by atoms with E-state index in [1.54, 1.807) is 18.3 Å². The maximum atomic E-state index is 13.3. The molecule has 2 aromatic carbocycles. The molecule has 7 aromatic rings. The first-order valence-corrected chi connectivity index (χ1v) is 35.2. The number of aliphatic hydroxyl groups is 1. The van der Waals surface area contributed by atoms with Gasteiger partial charge in [0.2, 0.25) is 23.4 Å². The fourth-order valence-corrected chi connectivity index (χ4v) is 13.2. The van der Waals surface area contributed by atoms with Crippen LogP contribution in [-0.2, 0) is 58.4 Å². The molecule has 0 bridgehead atoms. The third-order valence-corrected chi connectivity index (χ3v) is 18.2. The number of H-pyrrole nitrogens is 1. The zero-order chi connectivity index (χ0) is 73.0. The van der Waals surface area contributed by atoms with E-state index in [-0.39, 0.29) is 64.9 Å². The molecule has 0 aliphatic heterocycles. The molecule has 0 radical (unpaired) electrons. The van der Waals surface area contributed by atoms with Crippen LogP contribution in [0.3, 0.4) is 0 Å². The topological polar surface area (TPSA) is 326 Å². The van der Waals surface area contributed by atoms with E-state index < -0.39 is 81.9 Å². The monoisotopic (exact) mass is 1460 g/mol.